The summed E-state index contributed by atoms with van der Waals surface area (Å²) in [4.78, 5) is 18.2. The van der Waals surface area contributed by atoms with Gasteiger partial charge in [0.05, 0.1) is 29.6 Å². The van der Waals surface area contributed by atoms with Crippen LogP contribution < -0.4 is 15.0 Å². The van der Waals surface area contributed by atoms with Crippen molar-refractivity contribution in [3.05, 3.63) is 87.1 Å². The fourth-order valence-electron chi connectivity index (χ4n) is 3.70. The van der Waals surface area contributed by atoms with Crippen molar-refractivity contribution >= 4 is 44.0 Å². The minimum atomic E-state index is -0.338. The third-order valence-electron chi connectivity index (χ3n) is 5.31. The van der Waals surface area contributed by atoms with E-state index >= 15 is 0 Å². The van der Waals surface area contributed by atoms with Gasteiger partial charge >= 0.3 is 0 Å². The van der Waals surface area contributed by atoms with Gasteiger partial charge in [-0.05, 0) is 48.5 Å². The number of rotatable bonds is 6. The van der Waals surface area contributed by atoms with Gasteiger partial charge in [-0.2, -0.15) is 9.78 Å². The van der Waals surface area contributed by atoms with Crippen molar-refractivity contribution in [2.45, 2.75) is 0 Å². The Balaban J connectivity index is 1.71. The van der Waals surface area contributed by atoms with Crippen LogP contribution in [0.3, 0.4) is 0 Å². The lowest BCUT2D eigenvalue weighted by molar-refractivity contribution is 0.370. The van der Waals surface area contributed by atoms with E-state index in [4.69, 9.17) is 25.3 Å². The number of hydrogen-bond acceptors (Lipinski definition) is 6. The van der Waals surface area contributed by atoms with E-state index in [1.54, 1.807) is 37.4 Å². The molecule has 35 heavy (non-hydrogen) atoms. The van der Waals surface area contributed by atoms with Crippen molar-refractivity contribution in [2.24, 2.45) is 5.10 Å². The van der Waals surface area contributed by atoms with E-state index in [-0.39, 0.29) is 18.0 Å². The smallest absolute Gasteiger partial charge is 0.282 e. The summed E-state index contributed by atoms with van der Waals surface area (Å²) in [7, 11) is 1.59. The largest absolute Gasteiger partial charge is 0.496 e. The highest BCUT2D eigenvalue weighted by Crippen LogP contribution is 2.33. The minimum absolute atomic E-state index is 0.103. The summed E-state index contributed by atoms with van der Waals surface area (Å²) in [6.45, 7) is 0.103. The van der Waals surface area contributed by atoms with Gasteiger partial charge in [-0.15, -0.1) is 6.42 Å². The summed E-state index contributed by atoms with van der Waals surface area (Å²) in [6, 6.07) is 19.8. The summed E-state index contributed by atoms with van der Waals surface area (Å²) in [5.74, 6) is 4.27. The maximum atomic E-state index is 13.5. The number of methoxy groups -OCH3 is 1. The third-order valence-corrected chi connectivity index (χ3v) is 5.80. The molecule has 0 radical (unpaired) electrons. The molecule has 0 unspecified atom stereocenters. The monoisotopic (exact) mass is 527 g/mol. The molecule has 0 spiro atoms. The van der Waals surface area contributed by atoms with E-state index < -0.39 is 0 Å². The Morgan fingerprint density at radius 1 is 1.11 bits per heavy atom. The molecule has 8 heteroatoms. The van der Waals surface area contributed by atoms with Crippen molar-refractivity contribution in [3.63, 3.8) is 0 Å². The van der Waals surface area contributed by atoms with E-state index in [1.165, 1.54) is 10.9 Å². The summed E-state index contributed by atoms with van der Waals surface area (Å²) in [6.07, 6.45) is 6.87. The first-order valence-electron chi connectivity index (χ1n) is 10.6. The van der Waals surface area contributed by atoms with Crippen LogP contribution in [0.4, 0.5) is 0 Å². The second-order valence-electron chi connectivity index (χ2n) is 7.47. The van der Waals surface area contributed by atoms with Crippen molar-refractivity contribution in [1.82, 2.24) is 9.66 Å². The molecule has 0 N–H and O–H groups in total. The minimum Gasteiger partial charge on any atom is -0.496 e. The summed E-state index contributed by atoms with van der Waals surface area (Å²) in [5, 5.41) is 5.69. The molecule has 0 fully saturated rings. The normalized spacial score (nSPS) is 11.2. The van der Waals surface area contributed by atoms with Crippen molar-refractivity contribution in [2.75, 3.05) is 13.7 Å². The number of nitrogens with zero attached hydrogens (tertiary/aromatic N) is 3. The van der Waals surface area contributed by atoms with Crippen LogP contribution in [-0.2, 0) is 0 Å². The third kappa shape index (κ3) is 4.29. The molecule has 172 valence electrons. The van der Waals surface area contributed by atoms with Crippen molar-refractivity contribution in [1.29, 1.82) is 0 Å². The molecule has 3 aromatic carbocycles. The Hall–Kier alpha value is -4.35. The number of furan rings is 1. The molecule has 2 aromatic heterocycles. The van der Waals surface area contributed by atoms with Crippen LogP contribution in [0.15, 0.2) is 85.5 Å². The van der Waals surface area contributed by atoms with Crippen molar-refractivity contribution < 1.29 is 13.9 Å². The van der Waals surface area contributed by atoms with E-state index in [9.17, 15) is 4.79 Å². The zero-order chi connectivity index (χ0) is 24.4. The lowest BCUT2D eigenvalue weighted by Crippen LogP contribution is -2.20. The highest BCUT2D eigenvalue weighted by atomic mass is 79.9. The first-order valence-corrected chi connectivity index (χ1v) is 11.4. The van der Waals surface area contributed by atoms with Crippen molar-refractivity contribution in [3.8, 4) is 35.4 Å². The molecule has 2 heterocycles. The van der Waals surface area contributed by atoms with E-state index in [0.29, 0.717) is 39.3 Å². The zero-order valence-corrected chi connectivity index (χ0v) is 20.2. The number of fused-ring (bicyclic) bond motifs is 2. The number of aromatic nitrogens is 2. The molecule has 0 aliphatic heterocycles. The van der Waals surface area contributed by atoms with Gasteiger partial charge in [0.25, 0.3) is 5.56 Å². The molecule has 7 nitrogen and oxygen atoms in total. The predicted octanol–water partition coefficient (Wildman–Crippen LogP) is 5.48. The summed E-state index contributed by atoms with van der Waals surface area (Å²) < 4.78 is 19.2. The van der Waals surface area contributed by atoms with Gasteiger partial charge in [0, 0.05) is 10.0 Å². The van der Waals surface area contributed by atoms with E-state index in [2.05, 4.69) is 27.0 Å². The molecule has 0 saturated heterocycles. The standard InChI is InChI=1S/C27H18BrN3O4/c1-3-13-34-22-12-11-18(28)14-17(22)16-29-31-26(30-21-8-5-4-7-19(21)27(31)32)25-15-20-23(33-2)9-6-10-24(20)35-25/h1,4-12,14-16H,13H2,2H3. The van der Waals surface area contributed by atoms with Crippen LogP contribution in [0.5, 0.6) is 11.5 Å². The Kier molecular flexibility index (Phi) is 6.08. The van der Waals surface area contributed by atoms with Gasteiger partial charge in [0.15, 0.2) is 5.76 Å². The molecule has 0 amide bonds. The Bertz CT molecular complexity index is 1700. The topological polar surface area (TPSA) is 78.8 Å². The van der Waals surface area contributed by atoms with Crippen LogP contribution in [0.25, 0.3) is 33.5 Å². The maximum Gasteiger partial charge on any atom is 0.282 e. The zero-order valence-electron chi connectivity index (χ0n) is 18.6. The Morgan fingerprint density at radius 2 is 1.97 bits per heavy atom. The Morgan fingerprint density at radius 3 is 2.80 bits per heavy atom. The number of halogens is 1. The molecule has 0 aliphatic rings. The van der Waals surface area contributed by atoms with Crippen LogP contribution in [0, 0.1) is 12.3 Å². The number of para-hydroxylation sites is 1. The molecule has 0 atom stereocenters. The summed E-state index contributed by atoms with van der Waals surface area (Å²) in [5.41, 5.74) is 1.43. The number of terminal acetylenes is 1. The molecule has 5 rings (SSSR count). The lowest BCUT2D eigenvalue weighted by atomic mass is 10.2. The van der Waals surface area contributed by atoms with Gasteiger partial charge in [-0.3, -0.25) is 4.79 Å². The van der Waals surface area contributed by atoms with Gasteiger partial charge in [0.2, 0.25) is 5.82 Å². The van der Waals surface area contributed by atoms with Crippen LogP contribution in [-0.4, -0.2) is 29.6 Å². The SMILES string of the molecule is C#CCOc1ccc(Br)cc1C=Nn1c(-c2cc3c(OC)cccc3o2)nc2ccccc2c1=O. The van der Waals surface area contributed by atoms with E-state index in [0.717, 1.165) is 9.86 Å². The summed E-state index contributed by atoms with van der Waals surface area (Å²) >= 11 is 3.46. The van der Waals surface area contributed by atoms with Gasteiger partial charge in [0.1, 0.15) is 23.7 Å². The van der Waals surface area contributed by atoms with Crippen LogP contribution >= 0.6 is 15.9 Å². The second kappa shape index (κ2) is 9.49. The molecule has 0 aliphatic carbocycles. The lowest BCUT2D eigenvalue weighted by Gasteiger charge is -2.09. The number of benzene rings is 3. The molecular weight excluding hydrogens is 510 g/mol. The second-order valence-corrected chi connectivity index (χ2v) is 8.39. The highest BCUT2D eigenvalue weighted by molar-refractivity contribution is 9.10. The number of hydrogen-bond donors (Lipinski definition) is 0. The van der Waals surface area contributed by atoms with Gasteiger partial charge < -0.3 is 13.9 Å². The molecular formula is C27H18BrN3O4. The van der Waals surface area contributed by atoms with Gasteiger partial charge in [-0.1, -0.05) is 40.0 Å². The van der Waals surface area contributed by atoms with Crippen LogP contribution in [0.1, 0.15) is 5.56 Å². The predicted molar refractivity (Wildman–Crippen MR) is 139 cm³/mol. The highest BCUT2D eigenvalue weighted by Gasteiger charge is 2.18. The average molecular weight is 528 g/mol. The average Bonchev–Trinajstić information content (AvgIpc) is 3.32. The maximum absolute atomic E-state index is 13.5. The molecule has 5 aromatic rings. The van der Waals surface area contributed by atoms with E-state index in [1.807, 2.05) is 36.4 Å². The first-order chi connectivity index (χ1) is 17.1. The fraction of sp³-hybridized carbons (Fsp3) is 0.0741. The molecule has 0 saturated carbocycles. The molecule has 0 bridgehead atoms. The van der Waals surface area contributed by atoms with Gasteiger partial charge in [-0.25, -0.2) is 4.98 Å². The fourth-order valence-corrected chi connectivity index (χ4v) is 4.08. The quantitative estimate of drug-likeness (QED) is 0.216. The number of ether oxygens (including phenoxy) is 2. The Labute approximate surface area is 208 Å². The first kappa shape index (κ1) is 22.4. The van der Waals surface area contributed by atoms with Crippen LogP contribution in [0.2, 0.25) is 0 Å².